The van der Waals surface area contributed by atoms with Crippen LogP contribution in [0.1, 0.15) is 22.3 Å². The van der Waals surface area contributed by atoms with E-state index in [9.17, 15) is 18.0 Å². The maximum absolute atomic E-state index is 12.2. The van der Waals surface area contributed by atoms with Crippen LogP contribution in [0.3, 0.4) is 0 Å². The predicted molar refractivity (Wildman–Crippen MR) is 59.0 cm³/mol. The number of carbonyl (C=O) groups is 1. The Kier molecular flexibility index (Phi) is 4.59. The van der Waals surface area contributed by atoms with Gasteiger partial charge in [0.25, 0.3) is 5.78 Å². The van der Waals surface area contributed by atoms with Gasteiger partial charge in [0.15, 0.2) is 0 Å². The highest BCUT2D eigenvalue weighted by atomic mass is 35.5. The lowest BCUT2D eigenvalue weighted by Crippen LogP contribution is -2.22. The van der Waals surface area contributed by atoms with Crippen LogP contribution in [0.2, 0.25) is 0 Å². The Hall–Kier alpha value is -1.47. The third kappa shape index (κ3) is 4.12. The number of alkyl halides is 4. The summed E-state index contributed by atoms with van der Waals surface area (Å²) in [6, 6.07) is 5.14. The number of Topliss-reactive ketones (excluding diaryl/α,β-unsaturated/α-hetero) is 1. The Labute approximate surface area is 102 Å². The van der Waals surface area contributed by atoms with Crippen molar-refractivity contribution in [2.75, 3.05) is 5.88 Å². The molecular formula is C12H8ClF3O. The molecule has 0 fully saturated rings. The molecule has 90 valence electrons. The van der Waals surface area contributed by atoms with Gasteiger partial charge >= 0.3 is 6.18 Å². The van der Waals surface area contributed by atoms with Crippen molar-refractivity contribution in [3.63, 3.8) is 0 Å². The first-order valence-electron chi connectivity index (χ1n) is 4.71. The molecule has 0 aliphatic carbocycles. The third-order valence-corrected chi connectivity index (χ3v) is 2.02. The van der Waals surface area contributed by atoms with E-state index >= 15 is 0 Å². The zero-order valence-corrected chi connectivity index (χ0v) is 9.40. The van der Waals surface area contributed by atoms with Gasteiger partial charge in [-0.3, -0.25) is 4.79 Å². The molecule has 0 aliphatic heterocycles. The van der Waals surface area contributed by atoms with E-state index in [0.29, 0.717) is 17.9 Å². The summed E-state index contributed by atoms with van der Waals surface area (Å²) in [4.78, 5) is 11.0. The second-order valence-electron chi connectivity index (χ2n) is 3.15. The summed E-state index contributed by atoms with van der Waals surface area (Å²) in [6.07, 6.45) is -4.42. The summed E-state index contributed by atoms with van der Waals surface area (Å²) in [6.45, 7) is 0. The highest BCUT2D eigenvalue weighted by Crippen LogP contribution is 2.21. The van der Waals surface area contributed by atoms with E-state index in [1.165, 1.54) is 12.1 Å². The Morgan fingerprint density at radius 1 is 1.35 bits per heavy atom. The van der Waals surface area contributed by atoms with Crippen molar-refractivity contribution in [2.24, 2.45) is 0 Å². The lowest BCUT2D eigenvalue weighted by molar-refractivity contribution is -0.0885. The maximum atomic E-state index is 12.2. The van der Waals surface area contributed by atoms with Crippen LogP contribution >= 0.6 is 11.6 Å². The first-order chi connectivity index (χ1) is 7.95. The van der Waals surface area contributed by atoms with Crippen molar-refractivity contribution < 1.29 is 18.0 Å². The van der Waals surface area contributed by atoms with Gasteiger partial charge < -0.3 is 0 Å². The molecule has 0 aliphatic rings. The zero-order chi connectivity index (χ0) is 12.9. The normalized spacial score (nSPS) is 10.6. The van der Waals surface area contributed by atoms with Crippen molar-refractivity contribution in [2.45, 2.75) is 12.6 Å². The fourth-order valence-electron chi connectivity index (χ4n) is 1.11. The summed E-state index contributed by atoms with van der Waals surface area (Å²) in [7, 11) is 0. The smallest absolute Gasteiger partial charge is 0.284 e. The van der Waals surface area contributed by atoms with Crippen LogP contribution in [0.5, 0.6) is 0 Å². The van der Waals surface area contributed by atoms with Gasteiger partial charge in [-0.05, 0) is 12.1 Å². The van der Waals surface area contributed by atoms with E-state index in [2.05, 4.69) is 11.8 Å². The molecule has 1 nitrogen and oxygen atoms in total. The highest BCUT2D eigenvalue weighted by molar-refractivity contribution is 6.18. The molecule has 0 amide bonds. The first kappa shape index (κ1) is 13.6. The number of halogens is 4. The second kappa shape index (κ2) is 5.74. The molecule has 0 unspecified atom stereocenters. The van der Waals surface area contributed by atoms with E-state index in [1.807, 2.05) is 0 Å². The van der Waals surface area contributed by atoms with E-state index < -0.39 is 17.5 Å². The van der Waals surface area contributed by atoms with Crippen LogP contribution in [-0.2, 0) is 0 Å². The Bertz CT molecular complexity index is 469. The van der Waals surface area contributed by atoms with Crippen LogP contribution in [0.15, 0.2) is 24.3 Å². The van der Waals surface area contributed by atoms with Gasteiger partial charge in [-0.1, -0.05) is 24.0 Å². The predicted octanol–water partition coefficient (Wildman–Crippen LogP) is 3.41. The van der Waals surface area contributed by atoms with Crippen molar-refractivity contribution >= 4 is 17.4 Å². The average Bonchev–Trinajstić information content (AvgIpc) is 2.28. The SMILES string of the molecule is O=C(c1cccc(C#CCCCl)c1)C(F)(F)F. The van der Waals surface area contributed by atoms with Gasteiger partial charge in [0.1, 0.15) is 0 Å². The molecule has 0 spiro atoms. The molecule has 1 aromatic carbocycles. The topological polar surface area (TPSA) is 17.1 Å². The molecule has 0 radical (unpaired) electrons. The van der Waals surface area contributed by atoms with Gasteiger partial charge in [-0.25, -0.2) is 0 Å². The first-order valence-corrected chi connectivity index (χ1v) is 5.25. The molecule has 0 saturated heterocycles. The Morgan fingerprint density at radius 3 is 2.65 bits per heavy atom. The minimum absolute atomic E-state index is 0.355. The molecule has 0 heterocycles. The van der Waals surface area contributed by atoms with E-state index in [4.69, 9.17) is 11.6 Å². The average molecular weight is 261 g/mol. The Morgan fingerprint density at radius 2 is 2.06 bits per heavy atom. The van der Waals surface area contributed by atoms with Gasteiger partial charge in [-0.15, -0.1) is 11.6 Å². The molecule has 0 N–H and O–H groups in total. The molecule has 0 atom stereocenters. The largest absolute Gasteiger partial charge is 0.454 e. The molecule has 1 aromatic rings. The summed E-state index contributed by atoms with van der Waals surface area (Å²) in [5.74, 6) is 3.81. The minimum Gasteiger partial charge on any atom is -0.284 e. The number of hydrogen-bond donors (Lipinski definition) is 0. The fraction of sp³-hybridized carbons (Fsp3) is 0.250. The molecule has 5 heteroatoms. The van der Waals surface area contributed by atoms with Crippen LogP contribution in [0.4, 0.5) is 13.2 Å². The zero-order valence-electron chi connectivity index (χ0n) is 8.64. The number of carbonyl (C=O) groups excluding carboxylic acids is 1. The molecule has 17 heavy (non-hydrogen) atoms. The van der Waals surface area contributed by atoms with Gasteiger partial charge in [0, 0.05) is 23.4 Å². The molecule has 1 rings (SSSR count). The summed E-state index contributed by atoms with van der Waals surface area (Å²) < 4.78 is 36.5. The van der Waals surface area contributed by atoms with Crippen molar-refractivity contribution in [1.29, 1.82) is 0 Å². The molecule has 0 aromatic heterocycles. The number of hydrogen-bond acceptors (Lipinski definition) is 1. The maximum Gasteiger partial charge on any atom is 0.454 e. The van der Waals surface area contributed by atoms with E-state index in [-0.39, 0.29) is 0 Å². The van der Waals surface area contributed by atoms with E-state index in [0.717, 1.165) is 12.1 Å². The van der Waals surface area contributed by atoms with Gasteiger partial charge in [0.2, 0.25) is 0 Å². The number of benzene rings is 1. The lowest BCUT2D eigenvalue weighted by Gasteiger charge is -2.04. The van der Waals surface area contributed by atoms with E-state index in [1.54, 1.807) is 0 Å². The van der Waals surface area contributed by atoms with Crippen LogP contribution < -0.4 is 0 Å². The highest BCUT2D eigenvalue weighted by Gasteiger charge is 2.39. The summed E-state index contributed by atoms with van der Waals surface area (Å²) in [5, 5.41) is 0. The summed E-state index contributed by atoms with van der Waals surface area (Å²) in [5.41, 5.74) is -0.0413. The van der Waals surface area contributed by atoms with Gasteiger partial charge in [0.05, 0.1) is 0 Å². The number of ketones is 1. The van der Waals surface area contributed by atoms with Gasteiger partial charge in [-0.2, -0.15) is 13.2 Å². The van der Waals surface area contributed by atoms with Crippen LogP contribution in [0, 0.1) is 11.8 Å². The van der Waals surface area contributed by atoms with Crippen molar-refractivity contribution in [1.82, 2.24) is 0 Å². The Balaban J connectivity index is 2.95. The standard InChI is InChI=1S/C12H8ClF3O/c13-7-2-1-4-9-5-3-6-10(8-9)11(17)12(14,15)16/h3,5-6,8H,2,7H2. The lowest BCUT2D eigenvalue weighted by atomic mass is 10.1. The second-order valence-corrected chi connectivity index (χ2v) is 3.53. The molecule has 0 bridgehead atoms. The molecular weight excluding hydrogens is 253 g/mol. The third-order valence-electron chi connectivity index (χ3n) is 1.83. The van der Waals surface area contributed by atoms with Crippen molar-refractivity contribution in [3.05, 3.63) is 35.4 Å². The quantitative estimate of drug-likeness (QED) is 0.452. The number of rotatable bonds is 2. The monoisotopic (exact) mass is 260 g/mol. The van der Waals surface area contributed by atoms with Crippen molar-refractivity contribution in [3.8, 4) is 11.8 Å². The summed E-state index contributed by atoms with van der Waals surface area (Å²) >= 11 is 5.40. The van der Waals surface area contributed by atoms with Crippen LogP contribution in [0.25, 0.3) is 0 Å². The minimum atomic E-state index is -4.86. The van der Waals surface area contributed by atoms with Crippen LogP contribution in [-0.4, -0.2) is 17.8 Å². The fourth-order valence-corrected chi connectivity index (χ4v) is 1.21. The molecule has 0 saturated carbocycles.